The molecule has 106 valence electrons. The molecule has 19 heavy (non-hydrogen) atoms. The third-order valence-electron chi connectivity index (χ3n) is 3.36. The first-order valence-electron chi connectivity index (χ1n) is 5.47. The predicted molar refractivity (Wildman–Crippen MR) is 76.9 cm³/mol. The van der Waals surface area contributed by atoms with Crippen LogP contribution in [-0.4, -0.2) is 22.6 Å². The number of halogens is 2. The van der Waals surface area contributed by atoms with Gasteiger partial charge in [-0.3, -0.25) is 0 Å². The third-order valence-corrected chi connectivity index (χ3v) is 7.39. The quantitative estimate of drug-likeness (QED) is 0.695. The minimum atomic E-state index is -3.99. The summed E-state index contributed by atoms with van der Waals surface area (Å²) in [6.07, 6.45) is 0.502. The summed E-state index contributed by atoms with van der Waals surface area (Å²) >= 11 is 3.14. The first-order chi connectivity index (χ1) is 8.45. The molecule has 0 spiro atoms. The lowest BCUT2D eigenvalue weighted by atomic mass is 9.82. The number of hydrogen-bond donors (Lipinski definition) is 0. The molecule has 1 heterocycles. The van der Waals surface area contributed by atoms with E-state index in [1.807, 2.05) is 13.8 Å². The minimum absolute atomic E-state index is 0.0103. The smallest absolute Gasteiger partial charge is 0.224 e. The van der Waals surface area contributed by atoms with Gasteiger partial charge < -0.3 is 0 Å². The molecule has 1 aliphatic heterocycles. The standard InChI is InChI=1S/C11H12BrClO4S2/c1-11(2)3-4-18(14,15)9-6-10(19(13,16)17)8(12)5-7(9)11/h5-6H,3-4H2,1-2H3. The molecule has 1 aromatic rings. The van der Waals surface area contributed by atoms with Crippen LogP contribution in [0, 0.1) is 0 Å². The molecule has 1 aliphatic rings. The maximum atomic E-state index is 12.1. The highest BCUT2D eigenvalue weighted by molar-refractivity contribution is 9.10. The van der Waals surface area contributed by atoms with Crippen LogP contribution < -0.4 is 0 Å². The van der Waals surface area contributed by atoms with Crippen molar-refractivity contribution in [3.8, 4) is 0 Å². The molecule has 0 fully saturated rings. The molecule has 0 amide bonds. The van der Waals surface area contributed by atoms with Crippen molar-refractivity contribution >= 4 is 45.5 Å². The van der Waals surface area contributed by atoms with Crippen molar-refractivity contribution < 1.29 is 16.8 Å². The Labute approximate surface area is 125 Å². The van der Waals surface area contributed by atoms with Gasteiger partial charge in [0.2, 0.25) is 0 Å². The molecule has 0 saturated heterocycles. The Bertz CT molecular complexity index is 751. The van der Waals surface area contributed by atoms with Crippen LogP contribution in [0.3, 0.4) is 0 Å². The van der Waals surface area contributed by atoms with Gasteiger partial charge in [0.1, 0.15) is 0 Å². The fraction of sp³-hybridized carbons (Fsp3) is 0.455. The van der Waals surface area contributed by atoms with E-state index in [-0.39, 0.29) is 25.4 Å². The molecule has 4 nitrogen and oxygen atoms in total. The van der Waals surface area contributed by atoms with Gasteiger partial charge in [-0.1, -0.05) is 13.8 Å². The molecule has 0 bridgehead atoms. The lowest BCUT2D eigenvalue weighted by molar-refractivity contribution is 0.471. The van der Waals surface area contributed by atoms with E-state index in [2.05, 4.69) is 15.9 Å². The largest absolute Gasteiger partial charge is 0.262 e. The van der Waals surface area contributed by atoms with Gasteiger partial charge in [-0.15, -0.1) is 0 Å². The van der Waals surface area contributed by atoms with Gasteiger partial charge in [0, 0.05) is 15.2 Å². The molecule has 0 atom stereocenters. The van der Waals surface area contributed by atoms with Gasteiger partial charge >= 0.3 is 0 Å². The first-order valence-corrected chi connectivity index (χ1v) is 10.2. The second kappa shape index (κ2) is 4.44. The van der Waals surface area contributed by atoms with E-state index in [4.69, 9.17) is 10.7 Å². The van der Waals surface area contributed by atoms with Gasteiger partial charge in [0.05, 0.1) is 15.5 Å². The molecule has 0 unspecified atom stereocenters. The minimum Gasteiger partial charge on any atom is -0.224 e. The summed E-state index contributed by atoms with van der Waals surface area (Å²) < 4.78 is 47.4. The van der Waals surface area contributed by atoms with E-state index in [0.29, 0.717) is 12.0 Å². The van der Waals surface area contributed by atoms with Crippen molar-refractivity contribution in [2.45, 2.75) is 35.5 Å². The summed E-state index contributed by atoms with van der Waals surface area (Å²) in [5, 5.41) is 0. The normalized spacial score (nSPS) is 20.8. The van der Waals surface area contributed by atoms with Crippen LogP contribution in [0.5, 0.6) is 0 Å². The van der Waals surface area contributed by atoms with Crippen LogP contribution in [-0.2, 0) is 24.3 Å². The van der Waals surface area contributed by atoms with Gasteiger partial charge in [-0.25, -0.2) is 16.8 Å². The van der Waals surface area contributed by atoms with E-state index >= 15 is 0 Å². The fourth-order valence-corrected chi connectivity index (χ4v) is 6.38. The maximum Gasteiger partial charge on any atom is 0.262 e. The Morgan fingerprint density at radius 2 is 1.89 bits per heavy atom. The highest BCUT2D eigenvalue weighted by Crippen LogP contribution is 2.42. The van der Waals surface area contributed by atoms with Crippen LogP contribution >= 0.6 is 26.6 Å². The second-order valence-corrected chi connectivity index (χ2v) is 10.6. The van der Waals surface area contributed by atoms with Crippen LogP contribution in [0.4, 0.5) is 0 Å². The fourth-order valence-electron chi connectivity index (χ4n) is 2.14. The Hall–Kier alpha value is -0.110. The SMILES string of the molecule is CC1(C)CCS(=O)(=O)c2cc(S(=O)(=O)Cl)c(Br)cc21. The number of fused-ring (bicyclic) bond motifs is 1. The predicted octanol–water partition coefficient (Wildman–Crippen LogP) is 2.83. The van der Waals surface area contributed by atoms with E-state index in [1.54, 1.807) is 6.07 Å². The van der Waals surface area contributed by atoms with Crippen LogP contribution in [0.25, 0.3) is 0 Å². The zero-order chi connectivity index (χ0) is 14.6. The van der Waals surface area contributed by atoms with E-state index in [1.165, 1.54) is 0 Å². The lowest BCUT2D eigenvalue weighted by Gasteiger charge is -2.32. The van der Waals surface area contributed by atoms with Gasteiger partial charge in [-0.05, 0) is 45.5 Å². The molecule has 0 aromatic heterocycles. The molecule has 1 aromatic carbocycles. The van der Waals surface area contributed by atoms with Gasteiger partial charge in [-0.2, -0.15) is 0 Å². The van der Waals surface area contributed by atoms with Crippen molar-refractivity contribution in [2.75, 3.05) is 5.75 Å². The molecule has 0 saturated carbocycles. The van der Waals surface area contributed by atoms with Crippen molar-refractivity contribution in [1.82, 2.24) is 0 Å². The monoisotopic (exact) mass is 386 g/mol. The number of sulfone groups is 1. The average Bonchev–Trinajstić information content (AvgIpc) is 2.23. The summed E-state index contributed by atoms with van der Waals surface area (Å²) in [7, 11) is -2.13. The number of benzene rings is 1. The summed E-state index contributed by atoms with van der Waals surface area (Å²) in [5.41, 5.74) is 0.298. The molecule has 0 aliphatic carbocycles. The molecular formula is C11H12BrClO4S2. The van der Waals surface area contributed by atoms with Crippen molar-refractivity contribution in [3.05, 3.63) is 22.2 Å². The molecule has 2 rings (SSSR count). The zero-order valence-corrected chi connectivity index (χ0v) is 14.2. The Balaban J connectivity index is 2.88. The van der Waals surface area contributed by atoms with E-state index in [9.17, 15) is 16.8 Å². The van der Waals surface area contributed by atoms with Crippen LogP contribution in [0.1, 0.15) is 25.8 Å². The topological polar surface area (TPSA) is 68.3 Å². The summed E-state index contributed by atoms with van der Waals surface area (Å²) in [4.78, 5) is -0.152. The van der Waals surface area contributed by atoms with Gasteiger partial charge in [0.25, 0.3) is 9.05 Å². The first kappa shape index (κ1) is 15.3. The highest BCUT2D eigenvalue weighted by atomic mass is 79.9. The maximum absolute atomic E-state index is 12.1. The molecule has 0 radical (unpaired) electrons. The number of rotatable bonds is 1. The van der Waals surface area contributed by atoms with Crippen molar-refractivity contribution in [1.29, 1.82) is 0 Å². The van der Waals surface area contributed by atoms with E-state index < -0.39 is 18.9 Å². The second-order valence-electron chi connectivity index (χ2n) is 5.17. The van der Waals surface area contributed by atoms with E-state index in [0.717, 1.165) is 6.07 Å². The third kappa shape index (κ3) is 2.70. The van der Waals surface area contributed by atoms with Crippen LogP contribution in [0.15, 0.2) is 26.4 Å². The number of hydrogen-bond acceptors (Lipinski definition) is 4. The molecule has 8 heteroatoms. The van der Waals surface area contributed by atoms with Crippen molar-refractivity contribution in [2.24, 2.45) is 0 Å². The Morgan fingerprint density at radius 3 is 2.42 bits per heavy atom. The Morgan fingerprint density at radius 1 is 1.32 bits per heavy atom. The highest BCUT2D eigenvalue weighted by Gasteiger charge is 2.37. The Kier molecular flexibility index (Phi) is 3.57. The average molecular weight is 388 g/mol. The summed E-state index contributed by atoms with van der Waals surface area (Å²) in [6.45, 7) is 3.86. The van der Waals surface area contributed by atoms with Crippen LogP contribution in [0.2, 0.25) is 0 Å². The summed E-state index contributed by atoms with van der Waals surface area (Å²) in [6, 6.07) is 2.69. The van der Waals surface area contributed by atoms with Crippen molar-refractivity contribution in [3.63, 3.8) is 0 Å². The van der Waals surface area contributed by atoms with Gasteiger partial charge in [0.15, 0.2) is 9.84 Å². The molecular weight excluding hydrogens is 376 g/mol. The lowest BCUT2D eigenvalue weighted by Crippen LogP contribution is -2.30. The summed E-state index contributed by atoms with van der Waals surface area (Å²) in [5.74, 6) is 0.0103. The molecule has 0 N–H and O–H groups in total. The zero-order valence-electron chi connectivity index (χ0n) is 10.3.